The largest absolute Gasteiger partial charge is 0.391 e. The van der Waals surface area contributed by atoms with Gasteiger partial charge in [0.25, 0.3) is 5.91 Å². The van der Waals surface area contributed by atoms with E-state index in [2.05, 4.69) is 5.32 Å². The lowest BCUT2D eigenvalue weighted by Gasteiger charge is -2.26. The number of rotatable bonds is 2. The number of hydrogen-bond donors (Lipinski definition) is 2. The quantitative estimate of drug-likeness (QED) is 0.856. The molecule has 2 amide bonds. The van der Waals surface area contributed by atoms with Gasteiger partial charge in [0.2, 0.25) is 5.91 Å². The molecule has 1 saturated heterocycles. The first-order valence-electron chi connectivity index (χ1n) is 8.32. The molecule has 5 nitrogen and oxygen atoms in total. The maximum Gasteiger partial charge on any atom is 0.391 e. The standard InChI is InChI=1S/C17H20F3N3O2/c18-17(19,20)9-12-2-1-7-23(12)16(25)11-4-6-14-10(8-11)3-5-13(21)15(24)22-14/h4,6,8,12-13H,1-3,5,7,9,21H2,(H,22,24). The van der Waals surface area contributed by atoms with Crippen LogP contribution in [0.5, 0.6) is 0 Å². The number of alkyl halides is 3. The molecule has 2 heterocycles. The van der Waals surface area contributed by atoms with Crippen molar-refractivity contribution in [3.63, 3.8) is 0 Å². The summed E-state index contributed by atoms with van der Waals surface area (Å²) in [6.07, 6.45) is -3.35. The van der Waals surface area contributed by atoms with Crippen molar-refractivity contribution >= 4 is 17.5 Å². The summed E-state index contributed by atoms with van der Waals surface area (Å²) in [7, 11) is 0. The summed E-state index contributed by atoms with van der Waals surface area (Å²) in [6.45, 7) is 0.332. The smallest absolute Gasteiger partial charge is 0.335 e. The molecule has 0 radical (unpaired) electrons. The number of nitrogens with two attached hydrogens (primary N) is 1. The fraction of sp³-hybridized carbons (Fsp3) is 0.529. The van der Waals surface area contributed by atoms with Gasteiger partial charge in [-0.3, -0.25) is 9.59 Å². The van der Waals surface area contributed by atoms with E-state index >= 15 is 0 Å². The van der Waals surface area contributed by atoms with Crippen molar-refractivity contribution in [2.75, 3.05) is 11.9 Å². The Morgan fingerprint density at radius 1 is 1.32 bits per heavy atom. The number of carbonyl (C=O) groups excluding carboxylic acids is 2. The summed E-state index contributed by atoms with van der Waals surface area (Å²) >= 11 is 0. The van der Waals surface area contributed by atoms with Crippen molar-refractivity contribution in [3.05, 3.63) is 29.3 Å². The van der Waals surface area contributed by atoms with Crippen molar-refractivity contribution in [1.82, 2.24) is 4.90 Å². The molecule has 2 atom stereocenters. The Labute approximate surface area is 143 Å². The number of benzene rings is 1. The zero-order valence-electron chi connectivity index (χ0n) is 13.6. The third kappa shape index (κ3) is 3.95. The number of amides is 2. The van der Waals surface area contributed by atoms with Gasteiger partial charge in [-0.05, 0) is 49.4 Å². The minimum Gasteiger partial charge on any atom is -0.335 e. The molecule has 0 aliphatic carbocycles. The van der Waals surface area contributed by atoms with Gasteiger partial charge in [0.15, 0.2) is 0 Å². The molecule has 8 heteroatoms. The van der Waals surface area contributed by atoms with E-state index < -0.39 is 30.6 Å². The molecule has 25 heavy (non-hydrogen) atoms. The molecule has 1 aromatic carbocycles. The zero-order chi connectivity index (χ0) is 18.2. The molecule has 1 fully saturated rings. The van der Waals surface area contributed by atoms with E-state index in [0.717, 1.165) is 5.56 Å². The van der Waals surface area contributed by atoms with Crippen LogP contribution in [-0.4, -0.2) is 41.5 Å². The van der Waals surface area contributed by atoms with Crippen LogP contribution in [0.25, 0.3) is 0 Å². The van der Waals surface area contributed by atoms with Crippen LogP contribution < -0.4 is 11.1 Å². The number of halogens is 3. The highest BCUT2D eigenvalue weighted by Gasteiger charge is 2.39. The maximum atomic E-state index is 12.7. The normalized spacial score (nSPS) is 23.8. The monoisotopic (exact) mass is 355 g/mol. The maximum absolute atomic E-state index is 12.7. The van der Waals surface area contributed by atoms with Gasteiger partial charge in [-0.25, -0.2) is 0 Å². The van der Waals surface area contributed by atoms with Gasteiger partial charge in [-0.2, -0.15) is 13.2 Å². The second kappa shape index (κ2) is 6.67. The van der Waals surface area contributed by atoms with Gasteiger partial charge in [0.1, 0.15) is 0 Å². The first kappa shape index (κ1) is 17.7. The number of nitrogens with zero attached hydrogens (tertiary/aromatic N) is 1. The van der Waals surface area contributed by atoms with Gasteiger partial charge in [-0.15, -0.1) is 0 Å². The van der Waals surface area contributed by atoms with Gasteiger partial charge in [0.05, 0.1) is 12.5 Å². The summed E-state index contributed by atoms with van der Waals surface area (Å²) in [5.74, 6) is -0.669. The van der Waals surface area contributed by atoms with Gasteiger partial charge in [-0.1, -0.05) is 0 Å². The molecule has 0 saturated carbocycles. The number of hydrogen-bond acceptors (Lipinski definition) is 3. The van der Waals surface area contributed by atoms with Crippen LogP contribution in [0.15, 0.2) is 18.2 Å². The average molecular weight is 355 g/mol. The molecule has 136 valence electrons. The van der Waals surface area contributed by atoms with Gasteiger partial charge in [0, 0.05) is 23.8 Å². The summed E-state index contributed by atoms with van der Waals surface area (Å²) in [5.41, 5.74) is 7.46. The molecule has 0 spiro atoms. The Balaban J connectivity index is 1.80. The average Bonchev–Trinajstić information content (AvgIpc) is 2.92. The van der Waals surface area contributed by atoms with E-state index in [-0.39, 0.29) is 5.91 Å². The molecule has 3 N–H and O–H groups in total. The number of anilines is 1. The van der Waals surface area contributed by atoms with Crippen molar-refractivity contribution in [1.29, 1.82) is 0 Å². The molecular formula is C17H20F3N3O2. The second-order valence-electron chi connectivity index (χ2n) is 6.62. The fourth-order valence-electron chi connectivity index (χ4n) is 3.47. The zero-order valence-corrected chi connectivity index (χ0v) is 13.6. The number of aryl methyl sites for hydroxylation is 1. The van der Waals surface area contributed by atoms with Gasteiger partial charge < -0.3 is 16.0 Å². The molecule has 0 bridgehead atoms. The Hall–Kier alpha value is -2.09. The molecule has 0 aromatic heterocycles. The van der Waals surface area contributed by atoms with Gasteiger partial charge >= 0.3 is 6.18 Å². The summed E-state index contributed by atoms with van der Waals surface area (Å²) in [5, 5.41) is 2.71. The summed E-state index contributed by atoms with van der Waals surface area (Å²) in [4.78, 5) is 25.8. The third-order valence-corrected chi connectivity index (χ3v) is 4.78. The lowest BCUT2D eigenvalue weighted by atomic mass is 10.0. The highest BCUT2D eigenvalue weighted by Crippen LogP contribution is 2.31. The summed E-state index contributed by atoms with van der Waals surface area (Å²) in [6, 6.07) is 3.40. The van der Waals surface area contributed by atoms with E-state index in [0.29, 0.717) is 43.5 Å². The van der Waals surface area contributed by atoms with E-state index in [9.17, 15) is 22.8 Å². The molecule has 2 aliphatic rings. The first-order chi connectivity index (χ1) is 11.7. The van der Waals surface area contributed by atoms with Crippen LogP contribution in [0.4, 0.5) is 18.9 Å². The summed E-state index contributed by atoms with van der Waals surface area (Å²) < 4.78 is 38.1. The van der Waals surface area contributed by atoms with Crippen LogP contribution in [0.2, 0.25) is 0 Å². The highest BCUT2D eigenvalue weighted by atomic mass is 19.4. The molecule has 2 unspecified atom stereocenters. The third-order valence-electron chi connectivity index (χ3n) is 4.78. The minimum atomic E-state index is -4.29. The molecule has 2 aliphatic heterocycles. The molecular weight excluding hydrogens is 335 g/mol. The van der Waals surface area contributed by atoms with Crippen LogP contribution in [0.1, 0.15) is 41.6 Å². The van der Waals surface area contributed by atoms with E-state index in [1.165, 1.54) is 4.90 Å². The van der Waals surface area contributed by atoms with E-state index in [4.69, 9.17) is 5.73 Å². The van der Waals surface area contributed by atoms with E-state index in [1.807, 2.05) is 0 Å². The number of fused-ring (bicyclic) bond motifs is 1. The molecule has 3 rings (SSSR count). The van der Waals surface area contributed by atoms with E-state index in [1.54, 1.807) is 18.2 Å². The number of carbonyl (C=O) groups is 2. The highest BCUT2D eigenvalue weighted by molar-refractivity contribution is 5.98. The number of likely N-dealkylation sites (tertiary alicyclic amines) is 1. The number of nitrogens with one attached hydrogen (secondary N) is 1. The predicted molar refractivity (Wildman–Crippen MR) is 86.1 cm³/mol. The topological polar surface area (TPSA) is 75.4 Å². The lowest BCUT2D eigenvalue weighted by Crippen LogP contribution is -2.38. The Morgan fingerprint density at radius 3 is 2.80 bits per heavy atom. The minimum absolute atomic E-state index is 0.275. The van der Waals surface area contributed by atoms with Crippen molar-refractivity contribution in [3.8, 4) is 0 Å². The van der Waals surface area contributed by atoms with Crippen LogP contribution in [-0.2, 0) is 11.2 Å². The molecule has 1 aromatic rings. The fourth-order valence-corrected chi connectivity index (χ4v) is 3.47. The lowest BCUT2D eigenvalue weighted by molar-refractivity contribution is -0.143. The Bertz CT molecular complexity index is 690. The first-order valence-corrected chi connectivity index (χ1v) is 8.32. The second-order valence-corrected chi connectivity index (χ2v) is 6.62. The van der Waals surface area contributed by atoms with Crippen LogP contribution in [0.3, 0.4) is 0 Å². The van der Waals surface area contributed by atoms with Crippen molar-refractivity contribution in [2.24, 2.45) is 5.73 Å². The van der Waals surface area contributed by atoms with Crippen LogP contribution in [0, 0.1) is 0 Å². The predicted octanol–water partition coefficient (Wildman–Crippen LogP) is 2.46. The van der Waals surface area contributed by atoms with Crippen LogP contribution >= 0.6 is 0 Å². The Kier molecular flexibility index (Phi) is 4.73. The SMILES string of the molecule is NC1CCc2cc(C(=O)N3CCCC3CC(F)(F)F)ccc2NC1=O. The Morgan fingerprint density at radius 2 is 2.08 bits per heavy atom. The van der Waals surface area contributed by atoms with Crippen molar-refractivity contribution < 1.29 is 22.8 Å². The van der Waals surface area contributed by atoms with Crippen molar-refractivity contribution in [2.45, 2.75) is 50.4 Å².